The van der Waals surface area contributed by atoms with Crippen LogP contribution in [0.3, 0.4) is 0 Å². The molecule has 1 heterocycles. The number of Topliss-reactive ketones (excluding diaryl/α,β-unsaturated/α-hetero) is 1. The van der Waals surface area contributed by atoms with E-state index in [4.69, 9.17) is 0 Å². The first kappa shape index (κ1) is 14.1. The Hall–Kier alpha value is -1.90. The van der Waals surface area contributed by atoms with Crippen molar-refractivity contribution in [1.29, 1.82) is 0 Å². The number of aryl methyl sites for hydroxylation is 4. The Morgan fingerprint density at radius 3 is 2.76 bits per heavy atom. The Labute approximate surface area is 126 Å². The van der Waals surface area contributed by atoms with Gasteiger partial charge in [0.25, 0.3) is 0 Å². The molecule has 0 atom stereocenters. The first-order valence-electron chi connectivity index (χ1n) is 7.91. The van der Waals surface area contributed by atoms with Crippen LogP contribution in [0.4, 0.5) is 0 Å². The Balaban J connectivity index is 1.81. The zero-order chi connectivity index (χ0) is 14.8. The van der Waals surface area contributed by atoms with Crippen LogP contribution in [0.15, 0.2) is 24.3 Å². The average molecular weight is 282 g/mol. The maximum atomic E-state index is 12.5. The number of aromatic nitrogens is 2. The van der Waals surface area contributed by atoms with Crippen LogP contribution in [0.5, 0.6) is 0 Å². The van der Waals surface area contributed by atoms with Gasteiger partial charge in [-0.2, -0.15) is 5.10 Å². The minimum atomic E-state index is 0.196. The zero-order valence-electron chi connectivity index (χ0n) is 12.9. The number of benzene rings is 1. The van der Waals surface area contributed by atoms with Gasteiger partial charge in [0.2, 0.25) is 0 Å². The monoisotopic (exact) mass is 282 g/mol. The van der Waals surface area contributed by atoms with Crippen molar-refractivity contribution in [2.45, 2.75) is 52.5 Å². The first-order valence-corrected chi connectivity index (χ1v) is 7.91. The molecule has 0 saturated carbocycles. The maximum Gasteiger partial charge on any atom is 0.168 e. The molecule has 0 amide bonds. The van der Waals surface area contributed by atoms with Gasteiger partial charge in [-0.1, -0.05) is 19.1 Å². The number of nitrogens with zero attached hydrogens (tertiary/aromatic N) is 2. The number of ketones is 1. The third kappa shape index (κ3) is 2.78. The smallest absolute Gasteiger partial charge is 0.168 e. The molecule has 1 aromatic heterocycles. The van der Waals surface area contributed by atoms with E-state index in [0.717, 1.165) is 42.8 Å². The predicted molar refractivity (Wildman–Crippen MR) is 83.8 cm³/mol. The molecule has 0 radical (unpaired) electrons. The lowest BCUT2D eigenvalue weighted by Crippen LogP contribution is -2.10. The summed E-state index contributed by atoms with van der Waals surface area (Å²) in [6, 6.07) is 8.27. The van der Waals surface area contributed by atoms with E-state index in [1.807, 2.05) is 10.7 Å². The number of hydrogen-bond acceptors (Lipinski definition) is 2. The van der Waals surface area contributed by atoms with E-state index in [2.05, 4.69) is 37.1 Å². The van der Waals surface area contributed by atoms with Crippen LogP contribution in [0.2, 0.25) is 0 Å². The number of rotatable bonds is 5. The lowest BCUT2D eigenvalue weighted by molar-refractivity contribution is 0.0990. The van der Waals surface area contributed by atoms with Gasteiger partial charge >= 0.3 is 0 Å². The first-order chi connectivity index (χ1) is 10.2. The predicted octanol–water partition coefficient (Wildman–Crippen LogP) is 3.38. The summed E-state index contributed by atoms with van der Waals surface area (Å²) >= 11 is 0. The number of hydrogen-bond donors (Lipinski definition) is 0. The van der Waals surface area contributed by atoms with Crippen LogP contribution >= 0.6 is 0 Å². The van der Waals surface area contributed by atoms with Gasteiger partial charge in [-0.25, -0.2) is 0 Å². The van der Waals surface area contributed by atoms with Crippen LogP contribution in [0.1, 0.15) is 53.1 Å². The second-order valence-electron chi connectivity index (χ2n) is 5.73. The van der Waals surface area contributed by atoms with Gasteiger partial charge in [0.05, 0.1) is 12.1 Å². The minimum absolute atomic E-state index is 0.196. The van der Waals surface area contributed by atoms with E-state index < -0.39 is 0 Å². The summed E-state index contributed by atoms with van der Waals surface area (Å²) in [4.78, 5) is 12.5. The molecule has 0 bridgehead atoms. The number of carbonyl (C=O) groups excluding carboxylic acids is 1. The molecule has 3 heteroatoms. The third-order valence-corrected chi connectivity index (χ3v) is 4.34. The fraction of sp³-hybridized carbons (Fsp3) is 0.444. The quantitative estimate of drug-likeness (QED) is 0.788. The summed E-state index contributed by atoms with van der Waals surface area (Å²) in [5, 5.41) is 4.52. The van der Waals surface area contributed by atoms with E-state index in [-0.39, 0.29) is 5.78 Å². The Morgan fingerprint density at radius 1 is 1.19 bits per heavy atom. The Kier molecular flexibility index (Phi) is 3.91. The van der Waals surface area contributed by atoms with Crippen molar-refractivity contribution in [2.24, 2.45) is 0 Å². The minimum Gasteiger partial charge on any atom is -0.294 e. The van der Waals surface area contributed by atoms with Crippen molar-refractivity contribution in [1.82, 2.24) is 9.78 Å². The van der Waals surface area contributed by atoms with Crippen molar-refractivity contribution < 1.29 is 4.79 Å². The highest BCUT2D eigenvalue weighted by Crippen LogP contribution is 2.23. The number of fused-ring (bicyclic) bond motifs is 1. The summed E-state index contributed by atoms with van der Waals surface area (Å²) in [5.41, 5.74) is 5.71. The van der Waals surface area contributed by atoms with Gasteiger partial charge in [-0.3, -0.25) is 9.48 Å². The van der Waals surface area contributed by atoms with Gasteiger partial charge in [0.15, 0.2) is 5.78 Å². The molecular weight excluding hydrogens is 260 g/mol. The number of carbonyl (C=O) groups is 1. The Morgan fingerprint density at radius 2 is 2.00 bits per heavy atom. The summed E-state index contributed by atoms with van der Waals surface area (Å²) in [5.74, 6) is 0.196. The van der Waals surface area contributed by atoms with E-state index in [1.54, 1.807) is 0 Å². The lowest BCUT2D eigenvalue weighted by Gasteiger charge is -2.06. The van der Waals surface area contributed by atoms with Gasteiger partial charge < -0.3 is 0 Å². The van der Waals surface area contributed by atoms with Gasteiger partial charge in [0, 0.05) is 17.8 Å². The summed E-state index contributed by atoms with van der Waals surface area (Å²) in [6.07, 6.45) is 4.84. The molecule has 3 rings (SSSR count). The van der Waals surface area contributed by atoms with Crippen molar-refractivity contribution in [2.75, 3.05) is 0 Å². The molecule has 0 unspecified atom stereocenters. The van der Waals surface area contributed by atoms with Crippen molar-refractivity contribution >= 4 is 5.78 Å². The van der Waals surface area contributed by atoms with Crippen molar-refractivity contribution in [3.05, 3.63) is 52.3 Å². The molecule has 1 aromatic carbocycles. The molecule has 1 aliphatic rings. The van der Waals surface area contributed by atoms with Crippen LogP contribution in [0, 0.1) is 0 Å². The standard InChI is InChI=1S/C18H22N2O/c1-3-16-11-17(20(4-2)19-16)12-18(21)15-9-8-13-6-5-7-14(13)10-15/h8-11H,3-7,12H2,1-2H3. The van der Waals surface area contributed by atoms with Gasteiger partial charge in [0.1, 0.15) is 0 Å². The molecule has 2 aromatic rings. The molecule has 0 aliphatic heterocycles. The zero-order valence-corrected chi connectivity index (χ0v) is 12.9. The van der Waals surface area contributed by atoms with Crippen LogP contribution in [-0.2, 0) is 32.2 Å². The van der Waals surface area contributed by atoms with Crippen LogP contribution < -0.4 is 0 Å². The van der Waals surface area contributed by atoms with E-state index in [9.17, 15) is 4.79 Å². The lowest BCUT2D eigenvalue weighted by atomic mass is 10.0. The van der Waals surface area contributed by atoms with Gasteiger partial charge in [-0.15, -0.1) is 0 Å². The average Bonchev–Trinajstić information content (AvgIpc) is 3.12. The highest BCUT2D eigenvalue weighted by Gasteiger charge is 2.16. The van der Waals surface area contributed by atoms with Crippen LogP contribution in [0.25, 0.3) is 0 Å². The summed E-state index contributed by atoms with van der Waals surface area (Å²) in [7, 11) is 0. The molecule has 0 N–H and O–H groups in total. The topological polar surface area (TPSA) is 34.9 Å². The molecular formula is C18H22N2O. The van der Waals surface area contributed by atoms with E-state index >= 15 is 0 Å². The fourth-order valence-electron chi connectivity index (χ4n) is 3.12. The van der Waals surface area contributed by atoms with Crippen molar-refractivity contribution in [3.8, 4) is 0 Å². The molecule has 0 spiro atoms. The second kappa shape index (κ2) is 5.84. The molecule has 110 valence electrons. The molecule has 0 fully saturated rings. The highest BCUT2D eigenvalue weighted by molar-refractivity contribution is 5.97. The normalized spacial score (nSPS) is 13.4. The summed E-state index contributed by atoms with van der Waals surface area (Å²) < 4.78 is 1.95. The highest BCUT2D eigenvalue weighted by atomic mass is 16.1. The summed E-state index contributed by atoms with van der Waals surface area (Å²) in [6.45, 7) is 4.97. The van der Waals surface area contributed by atoms with Crippen LogP contribution in [-0.4, -0.2) is 15.6 Å². The van der Waals surface area contributed by atoms with E-state index in [0.29, 0.717) is 6.42 Å². The SMILES string of the molecule is CCc1cc(CC(=O)c2ccc3c(c2)CCC3)n(CC)n1. The fourth-order valence-corrected chi connectivity index (χ4v) is 3.12. The molecule has 0 saturated heterocycles. The van der Waals surface area contributed by atoms with Gasteiger partial charge in [-0.05, 0) is 55.9 Å². The Bertz CT molecular complexity index is 670. The molecule has 1 aliphatic carbocycles. The molecule has 3 nitrogen and oxygen atoms in total. The largest absolute Gasteiger partial charge is 0.294 e. The van der Waals surface area contributed by atoms with E-state index in [1.165, 1.54) is 17.5 Å². The molecule has 21 heavy (non-hydrogen) atoms. The van der Waals surface area contributed by atoms with Crippen molar-refractivity contribution in [3.63, 3.8) is 0 Å². The maximum absolute atomic E-state index is 12.5. The second-order valence-corrected chi connectivity index (χ2v) is 5.73. The third-order valence-electron chi connectivity index (χ3n) is 4.34.